The van der Waals surface area contributed by atoms with Crippen molar-refractivity contribution >= 4 is 5.69 Å². The van der Waals surface area contributed by atoms with Crippen LogP contribution in [0, 0.1) is 21.4 Å². The van der Waals surface area contributed by atoms with E-state index < -0.39 is 4.92 Å². The standard InChI is InChI=1S/C11H10N6O2/c1-13-6-9-7-16(15-14-9)10-3-2-8(5-12)4-11(10)17(18)19/h2-4,7,13H,6H2,1H3. The van der Waals surface area contributed by atoms with Gasteiger partial charge >= 0.3 is 0 Å². The van der Waals surface area contributed by atoms with Gasteiger partial charge in [0.15, 0.2) is 0 Å². The topological polar surface area (TPSA) is 110 Å². The minimum Gasteiger partial charge on any atom is -0.314 e. The zero-order valence-corrected chi connectivity index (χ0v) is 10.1. The van der Waals surface area contributed by atoms with Crippen LogP contribution >= 0.6 is 0 Å². The van der Waals surface area contributed by atoms with E-state index in [1.807, 2.05) is 6.07 Å². The summed E-state index contributed by atoms with van der Waals surface area (Å²) in [7, 11) is 1.77. The molecule has 0 aliphatic carbocycles. The SMILES string of the molecule is CNCc1cn(-c2ccc(C#N)cc2[N+](=O)[O-])nn1. The van der Waals surface area contributed by atoms with Crippen molar-refractivity contribution in [3.8, 4) is 11.8 Å². The Morgan fingerprint density at radius 3 is 3.00 bits per heavy atom. The third-order valence-electron chi connectivity index (χ3n) is 2.45. The number of hydrogen-bond donors (Lipinski definition) is 1. The lowest BCUT2D eigenvalue weighted by Crippen LogP contribution is -2.05. The van der Waals surface area contributed by atoms with Crippen molar-refractivity contribution in [1.29, 1.82) is 5.26 Å². The second-order valence-electron chi connectivity index (χ2n) is 3.76. The van der Waals surface area contributed by atoms with E-state index in [0.717, 1.165) is 0 Å². The summed E-state index contributed by atoms with van der Waals surface area (Å²) in [6.45, 7) is 0.518. The molecular formula is C11H10N6O2. The lowest BCUT2D eigenvalue weighted by atomic mass is 10.2. The van der Waals surface area contributed by atoms with E-state index in [-0.39, 0.29) is 16.9 Å². The summed E-state index contributed by atoms with van der Waals surface area (Å²) in [4.78, 5) is 10.5. The number of nitro groups is 1. The first-order valence-electron chi connectivity index (χ1n) is 5.40. The van der Waals surface area contributed by atoms with Gasteiger partial charge in [0.25, 0.3) is 5.69 Å². The molecule has 1 aromatic heterocycles. The van der Waals surface area contributed by atoms with Crippen LogP contribution in [-0.4, -0.2) is 27.0 Å². The van der Waals surface area contributed by atoms with Gasteiger partial charge in [-0.05, 0) is 19.2 Å². The molecule has 19 heavy (non-hydrogen) atoms. The molecule has 1 aromatic carbocycles. The van der Waals surface area contributed by atoms with E-state index in [1.165, 1.54) is 22.9 Å². The molecule has 0 spiro atoms. The molecule has 0 aliphatic rings. The summed E-state index contributed by atoms with van der Waals surface area (Å²) in [6, 6.07) is 6.07. The molecular weight excluding hydrogens is 248 g/mol. The highest BCUT2D eigenvalue weighted by Gasteiger charge is 2.17. The van der Waals surface area contributed by atoms with Crippen molar-refractivity contribution in [2.75, 3.05) is 7.05 Å². The molecule has 0 bridgehead atoms. The summed E-state index contributed by atoms with van der Waals surface area (Å²) < 4.78 is 1.33. The Bertz CT molecular complexity index is 657. The summed E-state index contributed by atoms with van der Waals surface area (Å²) in [5.74, 6) is 0. The Morgan fingerprint density at radius 1 is 1.58 bits per heavy atom. The summed E-state index contributed by atoms with van der Waals surface area (Å²) >= 11 is 0. The van der Waals surface area contributed by atoms with E-state index in [2.05, 4.69) is 15.6 Å². The maximum absolute atomic E-state index is 11.0. The second-order valence-corrected chi connectivity index (χ2v) is 3.76. The molecule has 96 valence electrons. The van der Waals surface area contributed by atoms with Crippen LogP contribution < -0.4 is 5.32 Å². The number of nitro benzene ring substituents is 1. The molecule has 0 atom stereocenters. The Morgan fingerprint density at radius 2 is 2.37 bits per heavy atom. The van der Waals surface area contributed by atoms with Crippen LogP contribution in [0.15, 0.2) is 24.4 Å². The number of hydrogen-bond acceptors (Lipinski definition) is 6. The van der Waals surface area contributed by atoms with Crippen molar-refractivity contribution < 1.29 is 4.92 Å². The van der Waals surface area contributed by atoms with Gasteiger partial charge in [0.05, 0.1) is 28.4 Å². The lowest BCUT2D eigenvalue weighted by Gasteiger charge is -2.01. The van der Waals surface area contributed by atoms with E-state index in [9.17, 15) is 10.1 Å². The summed E-state index contributed by atoms with van der Waals surface area (Å²) in [6.07, 6.45) is 1.60. The zero-order valence-electron chi connectivity index (χ0n) is 10.1. The zero-order chi connectivity index (χ0) is 13.8. The predicted octanol–water partition coefficient (Wildman–Crippen LogP) is 0.767. The smallest absolute Gasteiger partial charge is 0.296 e. The monoisotopic (exact) mass is 258 g/mol. The molecule has 0 amide bonds. The minimum atomic E-state index is -0.546. The fraction of sp³-hybridized carbons (Fsp3) is 0.182. The molecule has 2 aromatic rings. The maximum atomic E-state index is 11.0. The van der Waals surface area contributed by atoms with Gasteiger partial charge in [-0.3, -0.25) is 10.1 Å². The Labute approximate surface area is 108 Å². The van der Waals surface area contributed by atoms with Gasteiger partial charge in [-0.1, -0.05) is 5.21 Å². The van der Waals surface area contributed by atoms with Gasteiger partial charge in [0.1, 0.15) is 5.69 Å². The van der Waals surface area contributed by atoms with Crippen LogP contribution in [0.2, 0.25) is 0 Å². The third kappa shape index (κ3) is 2.56. The quantitative estimate of drug-likeness (QED) is 0.640. The highest BCUT2D eigenvalue weighted by Crippen LogP contribution is 2.23. The van der Waals surface area contributed by atoms with Crippen LogP contribution in [0.3, 0.4) is 0 Å². The summed E-state index contributed by atoms with van der Waals surface area (Å²) in [5.41, 5.74) is 0.992. The number of benzene rings is 1. The molecule has 2 rings (SSSR count). The van der Waals surface area contributed by atoms with Crippen molar-refractivity contribution in [3.05, 3.63) is 45.8 Å². The molecule has 0 radical (unpaired) electrons. The van der Waals surface area contributed by atoms with Crippen LogP contribution in [0.5, 0.6) is 0 Å². The largest absolute Gasteiger partial charge is 0.314 e. The van der Waals surface area contributed by atoms with Crippen LogP contribution in [-0.2, 0) is 6.54 Å². The van der Waals surface area contributed by atoms with Gasteiger partial charge in [-0.25, -0.2) is 4.68 Å². The highest BCUT2D eigenvalue weighted by atomic mass is 16.6. The highest BCUT2D eigenvalue weighted by molar-refractivity contribution is 5.55. The Hall–Kier alpha value is -2.79. The van der Waals surface area contributed by atoms with Crippen LogP contribution in [0.1, 0.15) is 11.3 Å². The number of nitrogens with zero attached hydrogens (tertiary/aromatic N) is 5. The normalized spacial score (nSPS) is 10.1. The third-order valence-corrected chi connectivity index (χ3v) is 2.45. The molecule has 0 saturated heterocycles. The van der Waals surface area contributed by atoms with E-state index in [4.69, 9.17) is 5.26 Å². The molecule has 1 N–H and O–H groups in total. The fourth-order valence-corrected chi connectivity index (χ4v) is 1.61. The van der Waals surface area contributed by atoms with Gasteiger partial charge in [-0.15, -0.1) is 5.10 Å². The van der Waals surface area contributed by atoms with Crippen molar-refractivity contribution in [1.82, 2.24) is 20.3 Å². The Kier molecular flexibility index (Phi) is 3.49. The average Bonchev–Trinajstić information content (AvgIpc) is 2.87. The van der Waals surface area contributed by atoms with Crippen LogP contribution in [0.4, 0.5) is 5.69 Å². The van der Waals surface area contributed by atoms with E-state index in [1.54, 1.807) is 13.2 Å². The molecule has 0 unspecified atom stereocenters. The molecule has 0 saturated carbocycles. The van der Waals surface area contributed by atoms with Crippen molar-refractivity contribution in [2.45, 2.75) is 6.54 Å². The van der Waals surface area contributed by atoms with Crippen molar-refractivity contribution in [3.63, 3.8) is 0 Å². The molecule has 8 nitrogen and oxygen atoms in total. The van der Waals surface area contributed by atoms with Gasteiger partial charge in [0, 0.05) is 12.6 Å². The van der Waals surface area contributed by atoms with Crippen molar-refractivity contribution in [2.24, 2.45) is 0 Å². The first kappa shape index (κ1) is 12.7. The number of nitriles is 1. The maximum Gasteiger partial charge on any atom is 0.296 e. The number of rotatable bonds is 4. The van der Waals surface area contributed by atoms with E-state index in [0.29, 0.717) is 12.2 Å². The molecule has 0 aliphatic heterocycles. The lowest BCUT2D eigenvalue weighted by molar-refractivity contribution is -0.384. The molecule has 0 fully saturated rings. The minimum absolute atomic E-state index is 0.181. The van der Waals surface area contributed by atoms with Gasteiger partial charge in [0.2, 0.25) is 0 Å². The fourth-order valence-electron chi connectivity index (χ4n) is 1.61. The summed E-state index contributed by atoms with van der Waals surface area (Å²) in [5, 5.41) is 30.4. The molecule has 1 heterocycles. The molecule has 8 heteroatoms. The average molecular weight is 258 g/mol. The second kappa shape index (κ2) is 5.24. The number of nitrogens with one attached hydrogen (secondary N) is 1. The predicted molar refractivity (Wildman–Crippen MR) is 65.5 cm³/mol. The Balaban J connectivity index is 2.48. The number of aromatic nitrogens is 3. The van der Waals surface area contributed by atoms with Gasteiger partial charge < -0.3 is 5.32 Å². The van der Waals surface area contributed by atoms with Crippen LogP contribution in [0.25, 0.3) is 5.69 Å². The first-order chi connectivity index (χ1) is 9.15. The van der Waals surface area contributed by atoms with Gasteiger partial charge in [-0.2, -0.15) is 5.26 Å². The van der Waals surface area contributed by atoms with E-state index >= 15 is 0 Å². The first-order valence-corrected chi connectivity index (χ1v) is 5.40.